The van der Waals surface area contributed by atoms with Gasteiger partial charge in [-0.1, -0.05) is 346 Å². The van der Waals surface area contributed by atoms with Crippen molar-refractivity contribution in [1.29, 1.82) is 0 Å². The van der Waals surface area contributed by atoms with Crippen molar-refractivity contribution in [2.45, 2.75) is 405 Å². The molecule has 0 radical (unpaired) electrons. The van der Waals surface area contributed by atoms with E-state index in [4.69, 9.17) is 4.74 Å². The number of hydrogen-bond acceptors (Lipinski definition) is 5. The van der Waals surface area contributed by atoms with Gasteiger partial charge < -0.3 is 20.3 Å². The summed E-state index contributed by atoms with van der Waals surface area (Å²) in [6.07, 6.45) is 83.9. The molecule has 0 aliphatic carbocycles. The Bertz CT molecular complexity index is 1200. The normalized spacial score (nSPS) is 12.6. The molecule has 0 saturated carbocycles. The van der Waals surface area contributed by atoms with Crippen LogP contribution in [0.4, 0.5) is 0 Å². The van der Waals surface area contributed by atoms with Gasteiger partial charge in [0.15, 0.2) is 0 Å². The Balaban J connectivity index is 3.41. The minimum absolute atomic E-state index is 0.0169. The van der Waals surface area contributed by atoms with Gasteiger partial charge in [0.2, 0.25) is 5.91 Å². The van der Waals surface area contributed by atoms with E-state index in [2.05, 4.69) is 31.3 Å². The van der Waals surface area contributed by atoms with E-state index < -0.39 is 12.1 Å². The summed E-state index contributed by atoms with van der Waals surface area (Å²) < 4.78 is 5.49. The maximum Gasteiger partial charge on any atom is 0.305 e. The number of carbonyl (C=O) groups is 2. The highest BCUT2D eigenvalue weighted by Crippen LogP contribution is 2.18. The topological polar surface area (TPSA) is 95.9 Å². The number of nitrogens with one attached hydrogen (secondary N) is 1. The maximum atomic E-state index is 12.5. The molecule has 0 aliphatic rings. The third-order valence-electron chi connectivity index (χ3n) is 16.5. The fourth-order valence-electron chi connectivity index (χ4n) is 11.1. The molecule has 6 nitrogen and oxygen atoms in total. The van der Waals surface area contributed by atoms with Crippen LogP contribution in [-0.4, -0.2) is 47.4 Å². The lowest BCUT2D eigenvalue weighted by Gasteiger charge is -2.20. The molecule has 3 N–H and O–H groups in total. The van der Waals surface area contributed by atoms with Crippen LogP contribution in [0, 0.1) is 0 Å². The van der Waals surface area contributed by atoms with Crippen molar-refractivity contribution in [3.8, 4) is 0 Å². The summed E-state index contributed by atoms with van der Waals surface area (Å²) in [5.41, 5.74) is 0. The lowest BCUT2D eigenvalue weighted by molar-refractivity contribution is -0.143. The second-order valence-electron chi connectivity index (χ2n) is 24.2. The number of rotatable bonds is 66. The zero-order valence-corrected chi connectivity index (χ0v) is 52.2. The first-order valence-corrected chi connectivity index (χ1v) is 35.1. The van der Waals surface area contributed by atoms with Crippen molar-refractivity contribution in [1.82, 2.24) is 5.32 Å². The minimum atomic E-state index is -0.846. The van der Waals surface area contributed by atoms with Crippen molar-refractivity contribution in [3.63, 3.8) is 0 Å². The number of allylic oxidation sites excluding steroid dienone is 3. The molecule has 6 heteroatoms. The quantitative estimate of drug-likeness (QED) is 0.0320. The van der Waals surface area contributed by atoms with E-state index in [1.807, 2.05) is 6.08 Å². The van der Waals surface area contributed by atoms with E-state index in [1.165, 1.54) is 327 Å². The van der Waals surface area contributed by atoms with Gasteiger partial charge in [-0.05, 0) is 57.8 Å². The summed E-state index contributed by atoms with van der Waals surface area (Å²) in [7, 11) is 0. The minimum Gasteiger partial charge on any atom is -0.466 e. The Hall–Kier alpha value is -1.66. The molecule has 0 aromatic rings. The predicted octanol–water partition coefficient (Wildman–Crippen LogP) is 22.5. The van der Waals surface area contributed by atoms with E-state index in [0.717, 1.165) is 38.5 Å². The third kappa shape index (κ3) is 63.4. The van der Waals surface area contributed by atoms with E-state index in [-0.39, 0.29) is 18.5 Å². The first-order valence-electron chi connectivity index (χ1n) is 35.1. The van der Waals surface area contributed by atoms with Gasteiger partial charge in [-0.2, -0.15) is 0 Å². The molecule has 0 aliphatic heterocycles. The molecule has 77 heavy (non-hydrogen) atoms. The van der Waals surface area contributed by atoms with Gasteiger partial charge in [0.1, 0.15) is 0 Å². The number of aliphatic hydroxyl groups is 2. The van der Waals surface area contributed by atoms with Gasteiger partial charge >= 0.3 is 5.97 Å². The Morgan fingerprint density at radius 3 is 0.922 bits per heavy atom. The Kier molecular flexibility index (Phi) is 65.4. The van der Waals surface area contributed by atoms with Crippen molar-refractivity contribution in [3.05, 3.63) is 24.3 Å². The average molecular weight is 1080 g/mol. The molecule has 0 bridgehead atoms. The summed E-state index contributed by atoms with van der Waals surface area (Å²) in [6.45, 7) is 4.94. The fourth-order valence-corrected chi connectivity index (χ4v) is 11.1. The van der Waals surface area contributed by atoms with Crippen LogP contribution in [-0.2, 0) is 14.3 Å². The average Bonchev–Trinajstić information content (AvgIpc) is 3.43. The summed E-state index contributed by atoms with van der Waals surface area (Å²) in [5.74, 6) is -0.0491. The first-order chi connectivity index (χ1) is 38.0. The van der Waals surface area contributed by atoms with Gasteiger partial charge in [0.05, 0.1) is 25.4 Å². The Morgan fingerprint density at radius 2 is 0.610 bits per heavy atom. The number of aliphatic hydroxyl groups excluding tert-OH is 2. The van der Waals surface area contributed by atoms with Crippen LogP contribution >= 0.6 is 0 Å². The van der Waals surface area contributed by atoms with Crippen LogP contribution in [0.1, 0.15) is 393 Å². The van der Waals surface area contributed by atoms with E-state index in [0.29, 0.717) is 19.4 Å². The Morgan fingerprint density at radius 1 is 0.351 bits per heavy atom. The number of ether oxygens (including phenoxy) is 1. The van der Waals surface area contributed by atoms with Gasteiger partial charge in [-0.25, -0.2) is 0 Å². The maximum absolute atomic E-state index is 12.5. The van der Waals surface area contributed by atoms with Crippen molar-refractivity contribution in [2.75, 3.05) is 13.2 Å². The van der Waals surface area contributed by atoms with Crippen LogP contribution < -0.4 is 5.32 Å². The highest BCUT2D eigenvalue weighted by atomic mass is 16.5. The van der Waals surface area contributed by atoms with Crippen molar-refractivity contribution < 1.29 is 24.5 Å². The lowest BCUT2D eigenvalue weighted by Crippen LogP contribution is -2.45. The first kappa shape index (κ1) is 75.3. The highest BCUT2D eigenvalue weighted by molar-refractivity contribution is 5.76. The van der Waals surface area contributed by atoms with E-state index in [1.54, 1.807) is 6.08 Å². The molecule has 2 atom stereocenters. The van der Waals surface area contributed by atoms with Gasteiger partial charge in [-0.15, -0.1) is 0 Å². The zero-order valence-electron chi connectivity index (χ0n) is 52.2. The molecule has 0 rings (SSSR count). The molecule has 2 unspecified atom stereocenters. The highest BCUT2D eigenvalue weighted by Gasteiger charge is 2.18. The zero-order chi connectivity index (χ0) is 55.7. The van der Waals surface area contributed by atoms with Crippen LogP contribution in [0.25, 0.3) is 0 Å². The smallest absolute Gasteiger partial charge is 0.305 e. The van der Waals surface area contributed by atoms with E-state index in [9.17, 15) is 19.8 Å². The molecule has 1 amide bonds. The summed E-state index contributed by atoms with van der Waals surface area (Å²) in [6, 6.07) is -0.630. The molecule has 0 heterocycles. The standard InChI is InChI=1S/C71H137NO5/c1-3-5-7-9-11-13-15-17-19-20-21-30-33-36-39-43-47-51-55-59-63-69(74)68(67-73)72-70(75)64-60-56-52-48-44-40-37-34-31-28-26-24-22-23-25-27-29-32-35-38-42-46-50-54-58-62-66-77-71(76)65-61-57-53-49-45-41-18-16-14-12-10-8-6-4-2/h22,24,59,63,68-69,73-74H,3-21,23,25-58,60-62,64-67H2,1-2H3,(H,72,75)/b24-22-,63-59+. The van der Waals surface area contributed by atoms with E-state index >= 15 is 0 Å². The van der Waals surface area contributed by atoms with Crippen LogP contribution in [0.5, 0.6) is 0 Å². The molecule has 0 aromatic heterocycles. The van der Waals surface area contributed by atoms with Crippen LogP contribution in [0.15, 0.2) is 24.3 Å². The monoisotopic (exact) mass is 1080 g/mol. The molecule has 0 spiro atoms. The fraction of sp³-hybridized carbons (Fsp3) is 0.915. The predicted molar refractivity (Wildman–Crippen MR) is 338 cm³/mol. The molecule has 0 saturated heterocycles. The molecular formula is C71H137NO5. The largest absolute Gasteiger partial charge is 0.466 e. The summed E-state index contributed by atoms with van der Waals surface area (Å²) >= 11 is 0. The lowest BCUT2D eigenvalue weighted by atomic mass is 10.0. The van der Waals surface area contributed by atoms with Crippen LogP contribution in [0.2, 0.25) is 0 Å². The number of esters is 1. The SMILES string of the molecule is CCCCCCCCCCCCCCCCCCCC/C=C/C(O)C(CO)NC(=O)CCCCCCCCCCCC/C=C\CCCCCCCCCCCCCCOC(=O)CCCCCCCCCCCCCCCC. The van der Waals surface area contributed by atoms with Gasteiger partial charge in [-0.3, -0.25) is 9.59 Å². The van der Waals surface area contributed by atoms with Crippen LogP contribution in [0.3, 0.4) is 0 Å². The van der Waals surface area contributed by atoms with Crippen molar-refractivity contribution >= 4 is 11.9 Å². The van der Waals surface area contributed by atoms with Gasteiger partial charge in [0, 0.05) is 12.8 Å². The molecule has 0 aromatic carbocycles. The molecular weight excluding hydrogens is 947 g/mol. The summed E-state index contributed by atoms with van der Waals surface area (Å²) in [4.78, 5) is 24.6. The number of amides is 1. The second-order valence-corrected chi connectivity index (χ2v) is 24.2. The Labute approximate surface area is 481 Å². The molecule has 456 valence electrons. The van der Waals surface area contributed by atoms with Gasteiger partial charge in [0.25, 0.3) is 0 Å². The summed E-state index contributed by atoms with van der Waals surface area (Å²) in [5, 5.41) is 23.2. The molecule has 0 fully saturated rings. The van der Waals surface area contributed by atoms with Crippen molar-refractivity contribution in [2.24, 2.45) is 0 Å². The number of unbranched alkanes of at least 4 members (excludes halogenated alkanes) is 53. The number of carbonyl (C=O) groups excluding carboxylic acids is 2. The third-order valence-corrected chi connectivity index (χ3v) is 16.5. The number of hydrogen-bond donors (Lipinski definition) is 3. The second kappa shape index (κ2) is 66.8.